The molecule has 2 aromatic rings. The van der Waals surface area contributed by atoms with E-state index in [4.69, 9.17) is 4.84 Å². The van der Waals surface area contributed by atoms with Crippen molar-refractivity contribution in [2.75, 3.05) is 0 Å². The molecule has 0 spiro atoms. The van der Waals surface area contributed by atoms with E-state index >= 15 is 0 Å². The number of hydroxylamine groups is 1. The molecule has 19 heavy (non-hydrogen) atoms. The van der Waals surface area contributed by atoms with Gasteiger partial charge in [0.2, 0.25) is 0 Å². The zero-order valence-corrected chi connectivity index (χ0v) is 11.1. The summed E-state index contributed by atoms with van der Waals surface area (Å²) in [4.78, 5) is 25.1. The molecule has 2 rings (SSSR count). The number of rotatable bonds is 3. The van der Waals surface area contributed by atoms with E-state index in [2.05, 4.69) is 15.4 Å². The van der Waals surface area contributed by atoms with Gasteiger partial charge < -0.3 is 0 Å². The third-order valence-corrected chi connectivity index (χ3v) is 2.23. The Balaban J connectivity index is 2.04. The average molecular weight is 260 g/mol. The second kappa shape index (κ2) is 5.19. The highest BCUT2D eigenvalue weighted by Gasteiger charge is 2.14. The fraction of sp³-hybridized carbons (Fsp3) is 0.308. The van der Waals surface area contributed by atoms with Gasteiger partial charge in [0.05, 0.1) is 11.2 Å². The molecule has 6 nitrogen and oxygen atoms in total. The van der Waals surface area contributed by atoms with Crippen molar-refractivity contribution in [1.82, 2.24) is 20.0 Å². The van der Waals surface area contributed by atoms with Crippen LogP contribution in [0.1, 0.15) is 31.1 Å². The Kier molecular flexibility index (Phi) is 3.62. The summed E-state index contributed by atoms with van der Waals surface area (Å²) in [7, 11) is 0. The summed E-state index contributed by atoms with van der Waals surface area (Å²) in [6, 6.07) is 3.43. The Morgan fingerprint density at radius 2 is 2.16 bits per heavy atom. The first-order valence-electron chi connectivity index (χ1n) is 5.88. The number of carbonyl (C=O) groups excluding carboxylic acids is 1. The molecule has 0 fully saturated rings. The Morgan fingerprint density at radius 3 is 2.68 bits per heavy atom. The molecule has 100 valence electrons. The van der Waals surface area contributed by atoms with Gasteiger partial charge in [-0.05, 0) is 32.9 Å². The maximum Gasteiger partial charge on any atom is 0.276 e. The standard InChI is InChI=1S/C13H16N4O2/c1-13(2,3)19-16-12(18)10-4-5-11(15-8-10)17-7-6-14-9-17/h4-9H,1-3H3,(H,16,18). The maximum atomic E-state index is 11.8. The topological polar surface area (TPSA) is 69.0 Å². The molecule has 1 N–H and O–H groups in total. The lowest BCUT2D eigenvalue weighted by Crippen LogP contribution is -2.33. The first-order chi connectivity index (χ1) is 8.96. The van der Waals surface area contributed by atoms with Crippen LogP contribution in [0.15, 0.2) is 37.1 Å². The van der Waals surface area contributed by atoms with Gasteiger partial charge in [0.25, 0.3) is 5.91 Å². The quantitative estimate of drug-likeness (QED) is 0.853. The first kappa shape index (κ1) is 13.2. The maximum absolute atomic E-state index is 11.8. The molecule has 0 aliphatic carbocycles. The van der Waals surface area contributed by atoms with E-state index in [0.29, 0.717) is 11.4 Å². The third-order valence-electron chi connectivity index (χ3n) is 2.23. The molecule has 0 unspecified atom stereocenters. The van der Waals surface area contributed by atoms with Crippen molar-refractivity contribution < 1.29 is 9.63 Å². The fourth-order valence-electron chi connectivity index (χ4n) is 1.33. The molecule has 0 aromatic carbocycles. The molecular weight excluding hydrogens is 244 g/mol. The SMILES string of the molecule is CC(C)(C)ONC(=O)c1ccc(-n2ccnc2)nc1. The monoisotopic (exact) mass is 260 g/mol. The number of hydrogen-bond donors (Lipinski definition) is 1. The van der Waals surface area contributed by atoms with Crippen LogP contribution in [0.4, 0.5) is 0 Å². The van der Waals surface area contributed by atoms with E-state index in [1.165, 1.54) is 6.20 Å². The lowest BCUT2D eigenvalue weighted by molar-refractivity contribution is -0.0589. The summed E-state index contributed by atoms with van der Waals surface area (Å²) in [5.41, 5.74) is 2.40. The molecule has 0 saturated heterocycles. The molecule has 0 saturated carbocycles. The Morgan fingerprint density at radius 1 is 1.37 bits per heavy atom. The van der Waals surface area contributed by atoms with Gasteiger partial charge >= 0.3 is 0 Å². The summed E-state index contributed by atoms with van der Waals surface area (Å²) in [5, 5.41) is 0. The Hall–Kier alpha value is -2.21. The van der Waals surface area contributed by atoms with Gasteiger partial charge in [0, 0.05) is 18.6 Å². The van der Waals surface area contributed by atoms with Gasteiger partial charge in [0.1, 0.15) is 12.1 Å². The lowest BCUT2D eigenvalue weighted by atomic mass is 10.2. The normalized spacial score (nSPS) is 11.3. The summed E-state index contributed by atoms with van der Waals surface area (Å²) in [5.74, 6) is 0.380. The van der Waals surface area contributed by atoms with Gasteiger partial charge in [-0.15, -0.1) is 0 Å². The van der Waals surface area contributed by atoms with Crippen LogP contribution in [-0.2, 0) is 4.84 Å². The molecule has 2 heterocycles. The fourth-order valence-corrected chi connectivity index (χ4v) is 1.33. The highest BCUT2D eigenvalue weighted by molar-refractivity contribution is 5.93. The van der Waals surface area contributed by atoms with E-state index in [1.807, 2.05) is 20.8 Å². The van der Waals surface area contributed by atoms with Crippen molar-refractivity contribution in [3.05, 3.63) is 42.6 Å². The highest BCUT2D eigenvalue weighted by Crippen LogP contribution is 2.07. The van der Waals surface area contributed by atoms with Crippen molar-refractivity contribution >= 4 is 5.91 Å². The molecule has 0 atom stereocenters. The van der Waals surface area contributed by atoms with Gasteiger partial charge in [-0.3, -0.25) is 14.2 Å². The minimum Gasteiger partial charge on any atom is -0.291 e. The molecule has 0 bridgehead atoms. The number of aromatic nitrogens is 3. The van der Waals surface area contributed by atoms with Crippen LogP contribution in [-0.4, -0.2) is 26.0 Å². The lowest BCUT2D eigenvalue weighted by Gasteiger charge is -2.18. The Bertz CT molecular complexity index is 541. The largest absolute Gasteiger partial charge is 0.291 e. The van der Waals surface area contributed by atoms with Crippen molar-refractivity contribution in [3.8, 4) is 5.82 Å². The number of hydrogen-bond acceptors (Lipinski definition) is 4. The summed E-state index contributed by atoms with van der Waals surface area (Å²) in [6.07, 6.45) is 6.59. The van der Waals surface area contributed by atoms with Gasteiger partial charge in [-0.25, -0.2) is 15.4 Å². The molecule has 0 radical (unpaired) electrons. The first-order valence-corrected chi connectivity index (χ1v) is 5.88. The number of pyridine rings is 1. The predicted octanol–water partition coefficient (Wildman–Crippen LogP) is 1.73. The number of carbonyl (C=O) groups is 1. The number of amides is 1. The van der Waals surface area contributed by atoms with Crippen molar-refractivity contribution in [2.24, 2.45) is 0 Å². The Labute approximate surface area is 111 Å². The van der Waals surface area contributed by atoms with E-state index in [9.17, 15) is 4.79 Å². The molecule has 0 aliphatic heterocycles. The van der Waals surface area contributed by atoms with Crippen molar-refractivity contribution in [2.45, 2.75) is 26.4 Å². The molecule has 6 heteroatoms. The van der Waals surface area contributed by atoms with Crippen LogP contribution in [0, 0.1) is 0 Å². The number of imidazole rings is 1. The van der Waals surface area contributed by atoms with Gasteiger partial charge in [-0.1, -0.05) is 0 Å². The second-order valence-corrected chi connectivity index (χ2v) is 5.02. The van der Waals surface area contributed by atoms with E-state index < -0.39 is 5.60 Å². The number of nitrogens with one attached hydrogen (secondary N) is 1. The van der Waals surface area contributed by atoms with E-state index in [-0.39, 0.29) is 5.91 Å². The molecule has 0 aliphatic rings. The van der Waals surface area contributed by atoms with Crippen LogP contribution in [0.3, 0.4) is 0 Å². The zero-order valence-electron chi connectivity index (χ0n) is 11.1. The summed E-state index contributed by atoms with van der Waals surface area (Å²) in [6.45, 7) is 5.56. The van der Waals surface area contributed by atoms with Crippen LogP contribution in [0.5, 0.6) is 0 Å². The smallest absolute Gasteiger partial charge is 0.276 e. The van der Waals surface area contributed by atoms with Gasteiger partial charge in [-0.2, -0.15) is 0 Å². The zero-order chi connectivity index (χ0) is 13.9. The van der Waals surface area contributed by atoms with Crippen LogP contribution >= 0.6 is 0 Å². The highest BCUT2D eigenvalue weighted by atomic mass is 16.7. The van der Waals surface area contributed by atoms with Crippen molar-refractivity contribution in [1.29, 1.82) is 0 Å². The summed E-state index contributed by atoms with van der Waals surface area (Å²) < 4.78 is 1.76. The van der Waals surface area contributed by atoms with Crippen LogP contribution in [0.2, 0.25) is 0 Å². The minimum atomic E-state index is -0.431. The third kappa shape index (κ3) is 3.62. The number of nitrogens with zero attached hydrogens (tertiary/aromatic N) is 3. The van der Waals surface area contributed by atoms with Crippen LogP contribution < -0.4 is 5.48 Å². The summed E-state index contributed by atoms with van der Waals surface area (Å²) >= 11 is 0. The average Bonchev–Trinajstić information content (AvgIpc) is 2.89. The molecule has 1 amide bonds. The predicted molar refractivity (Wildman–Crippen MR) is 69.7 cm³/mol. The second-order valence-electron chi connectivity index (χ2n) is 5.02. The van der Waals surface area contributed by atoms with Gasteiger partial charge in [0.15, 0.2) is 0 Å². The van der Waals surface area contributed by atoms with E-state index in [0.717, 1.165) is 0 Å². The molecule has 2 aromatic heterocycles. The van der Waals surface area contributed by atoms with E-state index in [1.54, 1.807) is 35.4 Å². The van der Waals surface area contributed by atoms with Crippen LogP contribution in [0.25, 0.3) is 5.82 Å². The minimum absolute atomic E-state index is 0.320. The van der Waals surface area contributed by atoms with Crippen molar-refractivity contribution in [3.63, 3.8) is 0 Å². The molecular formula is C13H16N4O2.